The Labute approximate surface area is 138 Å². The molecule has 1 N–H and O–H groups in total. The molecule has 1 aromatic heterocycles. The summed E-state index contributed by atoms with van der Waals surface area (Å²) in [6, 6.07) is 7.15. The van der Waals surface area contributed by atoms with Crippen molar-refractivity contribution in [1.82, 2.24) is 4.98 Å². The van der Waals surface area contributed by atoms with E-state index in [1.807, 2.05) is 12.1 Å². The normalized spacial score (nSPS) is 12.5. The van der Waals surface area contributed by atoms with Gasteiger partial charge in [0.15, 0.2) is 0 Å². The zero-order chi connectivity index (χ0) is 14.0. The topological polar surface area (TPSA) is 33.1 Å². The minimum atomic E-state index is -0.709. The molecule has 100 valence electrons. The van der Waals surface area contributed by atoms with Crippen LogP contribution in [0.4, 0.5) is 0 Å². The average molecular weight is 426 g/mol. The number of benzene rings is 1. The van der Waals surface area contributed by atoms with Gasteiger partial charge in [-0.05, 0) is 55.6 Å². The Morgan fingerprint density at radius 2 is 1.89 bits per heavy atom. The first-order valence-corrected chi connectivity index (χ1v) is 7.74. The smallest absolute Gasteiger partial charge is 0.101 e. The van der Waals surface area contributed by atoms with Gasteiger partial charge in [0, 0.05) is 21.6 Å². The third-order valence-electron chi connectivity index (χ3n) is 2.56. The molecule has 0 saturated carbocycles. The molecule has 0 aliphatic rings. The molecule has 2 aromatic rings. The van der Waals surface area contributed by atoms with E-state index in [0.29, 0.717) is 22.2 Å². The van der Waals surface area contributed by atoms with E-state index in [9.17, 15) is 5.11 Å². The van der Waals surface area contributed by atoms with Gasteiger partial charge in [-0.3, -0.25) is 4.98 Å². The molecule has 0 bridgehead atoms. The fraction of sp³-hybridized carbons (Fsp3) is 0.154. The highest BCUT2D eigenvalue weighted by Gasteiger charge is 2.14. The maximum Gasteiger partial charge on any atom is 0.101 e. The molecule has 1 unspecified atom stereocenters. The van der Waals surface area contributed by atoms with E-state index < -0.39 is 6.10 Å². The first kappa shape index (κ1) is 15.3. The molecule has 1 atom stereocenters. The number of pyridine rings is 1. The first-order valence-electron chi connectivity index (χ1n) is 5.40. The maximum absolute atomic E-state index is 10.2. The van der Waals surface area contributed by atoms with Crippen molar-refractivity contribution in [1.29, 1.82) is 0 Å². The summed E-state index contributed by atoms with van der Waals surface area (Å²) < 4.78 is 1.61. The molecular formula is C13H9Br2Cl2NO. The van der Waals surface area contributed by atoms with Crippen molar-refractivity contribution >= 4 is 55.1 Å². The summed E-state index contributed by atoms with van der Waals surface area (Å²) in [6.45, 7) is 0. The minimum Gasteiger partial charge on any atom is -0.386 e. The lowest BCUT2D eigenvalue weighted by Gasteiger charge is -2.12. The van der Waals surface area contributed by atoms with Crippen LogP contribution in [0.1, 0.15) is 17.4 Å². The number of hydrogen-bond acceptors (Lipinski definition) is 2. The highest BCUT2D eigenvalue weighted by Crippen LogP contribution is 2.28. The Morgan fingerprint density at radius 1 is 1.16 bits per heavy atom. The van der Waals surface area contributed by atoms with Crippen LogP contribution in [0.25, 0.3) is 0 Å². The third-order valence-corrected chi connectivity index (χ3v) is 4.37. The van der Waals surface area contributed by atoms with E-state index in [-0.39, 0.29) is 0 Å². The van der Waals surface area contributed by atoms with E-state index in [1.54, 1.807) is 18.3 Å². The lowest BCUT2D eigenvalue weighted by molar-refractivity contribution is 0.172. The summed E-state index contributed by atoms with van der Waals surface area (Å²) in [4.78, 5) is 4.21. The number of aliphatic hydroxyl groups excluding tert-OH is 1. The van der Waals surface area contributed by atoms with E-state index in [4.69, 9.17) is 23.2 Å². The van der Waals surface area contributed by atoms with Gasteiger partial charge in [-0.1, -0.05) is 29.3 Å². The lowest BCUT2D eigenvalue weighted by Crippen LogP contribution is -2.05. The Hall–Kier alpha value is -0.130. The van der Waals surface area contributed by atoms with Gasteiger partial charge < -0.3 is 5.11 Å². The molecule has 0 amide bonds. The van der Waals surface area contributed by atoms with Crippen molar-refractivity contribution in [2.45, 2.75) is 12.5 Å². The van der Waals surface area contributed by atoms with E-state index in [0.717, 1.165) is 14.5 Å². The van der Waals surface area contributed by atoms with Crippen LogP contribution < -0.4 is 0 Å². The summed E-state index contributed by atoms with van der Waals surface area (Å²) in [7, 11) is 0. The molecule has 0 saturated heterocycles. The molecule has 0 aliphatic heterocycles. The second-order valence-corrected chi connectivity index (χ2v) is 6.57. The SMILES string of the molecule is OC(Cc1ccc(Cl)c(Cl)c1)c1ncc(Br)cc1Br. The summed E-state index contributed by atoms with van der Waals surface area (Å²) >= 11 is 18.5. The fourth-order valence-electron chi connectivity index (χ4n) is 1.66. The highest BCUT2D eigenvalue weighted by atomic mass is 79.9. The van der Waals surface area contributed by atoms with Gasteiger partial charge in [-0.25, -0.2) is 0 Å². The van der Waals surface area contributed by atoms with E-state index in [2.05, 4.69) is 36.8 Å². The average Bonchev–Trinajstić information content (AvgIpc) is 2.33. The third kappa shape index (κ3) is 3.92. The van der Waals surface area contributed by atoms with Crippen molar-refractivity contribution in [3.05, 3.63) is 60.7 Å². The molecule has 1 heterocycles. The Morgan fingerprint density at radius 3 is 2.53 bits per heavy atom. The number of nitrogens with zero attached hydrogens (tertiary/aromatic N) is 1. The van der Waals surface area contributed by atoms with E-state index in [1.165, 1.54) is 0 Å². The van der Waals surface area contributed by atoms with Crippen molar-refractivity contribution in [3.8, 4) is 0 Å². The van der Waals surface area contributed by atoms with Crippen molar-refractivity contribution in [2.75, 3.05) is 0 Å². The molecule has 0 aliphatic carbocycles. The quantitative estimate of drug-likeness (QED) is 0.734. The van der Waals surface area contributed by atoms with Crippen molar-refractivity contribution in [2.24, 2.45) is 0 Å². The van der Waals surface area contributed by atoms with Crippen LogP contribution in [0.3, 0.4) is 0 Å². The fourth-order valence-corrected chi connectivity index (χ4v) is 3.23. The first-order chi connectivity index (χ1) is 8.97. The van der Waals surface area contributed by atoms with Crippen LogP contribution in [0.15, 0.2) is 39.4 Å². The highest BCUT2D eigenvalue weighted by molar-refractivity contribution is 9.11. The van der Waals surface area contributed by atoms with E-state index >= 15 is 0 Å². The van der Waals surface area contributed by atoms with Crippen molar-refractivity contribution in [3.63, 3.8) is 0 Å². The number of hydrogen-bond donors (Lipinski definition) is 1. The monoisotopic (exact) mass is 423 g/mol. The lowest BCUT2D eigenvalue weighted by atomic mass is 10.1. The molecule has 2 rings (SSSR count). The molecule has 19 heavy (non-hydrogen) atoms. The summed E-state index contributed by atoms with van der Waals surface area (Å²) in [5, 5.41) is 11.2. The molecule has 0 radical (unpaired) electrons. The summed E-state index contributed by atoms with van der Waals surface area (Å²) in [5.41, 5.74) is 1.49. The zero-order valence-electron chi connectivity index (χ0n) is 9.58. The Kier molecular flexibility index (Phi) is 5.26. The predicted octanol–water partition coefficient (Wildman–Crippen LogP) is 5.19. The molecule has 6 heteroatoms. The number of aliphatic hydroxyl groups is 1. The van der Waals surface area contributed by atoms with Crippen LogP contribution in [-0.4, -0.2) is 10.1 Å². The van der Waals surface area contributed by atoms with Gasteiger partial charge in [0.2, 0.25) is 0 Å². The molecule has 2 nitrogen and oxygen atoms in total. The molecule has 1 aromatic carbocycles. The predicted molar refractivity (Wildman–Crippen MR) is 84.8 cm³/mol. The van der Waals surface area contributed by atoms with Gasteiger partial charge in [0.1, 0.15) is 6.10 Å². The molecule has 0 fully saturated rings. The number of aromatic nitrogens is 1. The number of rotatable bonds is 3. The standard InChI is InChI=1S/C13H9Br2Cl2NO/c14-8-5-9(15)13(18-6-8)12(19)4-7-1-2-10(16)11(17)3-7/h1-3,5-6,12,19H,4H2. The second-order valence-electron chi connectivity index (χ2n) is 3.99. The maximum atomic E-state index is 10.2. The van der Waals surface area contributed by atoms with Crippen molar-refractivity contribution < 1.29 is 5.11 Å². The van der Waals surface area contributed by atoms with Gasteiger partial charge in [0.05, 0.1) is 15.7 Å². The van der Waals surface area contributed by atoms with Gasteiger partial charge in [-0.2, -0.15) is 0 Å². The molecular weight excluding hydrogens is 417 g/mol. The minimum absolute atomic E-state index is 0.421. The summed E-state index contributed by atoms with van der Waals surface area (Å²) in [5.74, 6) is 0. The molecule has 0 spiro atoms. The van der Waals surface area contributed by atoms with Crippen LogP contribution in [-0.2, 0) is 6.42 Å². The Balaban J connectivity index is 2.20. The van der Waals surface area contributed by atoms with Gasteiger partial charge >= 0.3 is 0 Å². The second kappa shape index (κ2) is 6.55. The summed E-state index contributed by atoms with van der Waals surface area (Å²) in [6.07, 6.45) is 1.36. The zero-order valence-corrected chi connectivity index (χ0v) is 14.3. The van der Waals surface area contributed by atoms with Crippen LogP contribution >= 0.6 is 55.1 Å². The number of halogens is 4. The van der Waals surface area contributed by atoms with Gasteiger partial charge in [0.25, 0.3) is 0 Å². The van der Waals surface area contributed by atoms with Crippen LogP contribution in [0.2, 0.25) is 10.0 Å². The largest absolute Gasteiger partial charge is 0.386 e. The Bertz CT molecular complexity index is 607. The van der Waals surface area contributed by atoms with Gasteiger partial charge in [-0.15, -0.1) is 0 Å². The van der Waals surface area contributed by atoms with Crippen LogP contribution in [0, 0.1) is 0 Å². The van der Waals surface area contributed by atoms with Crippen LogP contribution in [0.5, 0.6) is 0 Å².